The van der Waals surface area contributed by atoms with Crippen LogP contribution in [-0.2, 0) is 4.79 Å². The van der Waals surface area contributed by atoms with Gasteiger partial charge >= 0.3 is 0 Å². The van der Waals surface area contributed by atoms with Crippen molar-refractivity contribution in [2.24, 2.45) is 5.41 Å². The summed E-state index contributed by atoms with van der Waals surface area (Å²) < 4.78 is 6.24. The summed E-state index contributed by atoms with van der Waals surface area (Å²) in [6.07, 6.45) is 0.937. The van der Waals surface area contributed by atoms with Gasteiger partial charge in [-0.2, -0.15) is 0 Å². The first-order valence-electron chi connectivity index (χ1n) is 10.4. The number of nitro groups is 1. The van der Waals surface area contributed by atoms with Crippen LogP contribution in [0.4, 0.5) is 11.5 Å². The number of rotatable bonds is 3. The number of nitrogens with zero attached hydrogens (tertiary/aromatic N) is 1. The quantitative estimate of drug-likeness (QED) is 0.288. The van der Waals surface area contributed by atoms with Crippen molar-refractivity contribution in [2.75, 3.05) is 5.32 Å². The number of hydrogen-bond donors (Lipinski definition) is 3. The first kappa shape index (κ1) is 21.1. The molecule has 3 aromatic rings. The largest absolute Gasteiger partial charge is 0.460 e. The number of nitro benzene ring substituents is 1. The normalized spacial score (nSPS) is 19.0. The number of aromatic nitrogens is 2. The summed E-state index contributed by atoms with van der Waals surface area (Å²) in [7, 11) is 0. The molecule has 3 heterocycles. The fourth-order valence-electron chi connectivity index (χ4n) is 4.72. The molecule has 2 aromatic heterocycles. The van der Waals surface area contributed by atoms with Crippen LogP contribution in [0.3, 0.4) is 0 Å². The van der Waals surface area contributed by atoms with E-state index in [-0.39, 0.29) is 27.4 Å². The SMILES string of the molecule is CC1(C)CC(=O)C2=C(C1)Nc1[nH]c(=S)[nH]c(=O)c1C2c1ccc(-c2ccccc2[N+](=O)[O-])o1. The van der Waals surface area contributed by atoms with Crippen LogP contribution in [0.25, 0.3) is 11.3 Å². The van der Waals surface area contributed by atoms with E-state index in [9.17, 15) is 19.7 Å². The number of H-pyrrole nitrogens is 2. The van der Waals surface area contributed by atoms with Gasteiger partial charge < -0.3 is 14.7 Å². The smallest absolute Gasteiger partial charge is 0.280 e. The van der Waals surface area contributed by atoms with Crippen molar-refractivity contribution >= 4 is 29.5 Å². The van der Waals surface area contributed by atoms with Crippen molar-refractivity contribution in [3.8, 4) is 11.3 Å². The van der Waals surface area contributed by atoms with Crippen molar-refractivity contribution in [3.05, 3.63) is 84.2 Å². The lowest BCUT2D eigenvalue weighted by atomic mass is 9.70. The molecule has 2 aliphatic rings. The summed E-state index contributed by atoms with van der Waals surface area (Å²) in [5.74, 6) is 0.203. The Morgan fingerprint density at radius 2 is 1.88 bits per heavy atom. The fraction of sp³-hybridized carbons (Fsp3) is 0.261. The van der Waals surface area contributed by atoms with Crippen LogP contribution in [0, 0.1) is 20.3 Å². The lowest BCUT2D eigenvalue weighted by Gasteiger charge is -2.38. The summed E-state index contributed by atoms with van der Waals surface area (Å²) >= 11 is 5.14. The number of hydrogen-bond acceptors (Lipinski definition) is 7. The third kappa shape index (κ3) is 3.52. The van der Waals surface area contributed by atoms with Crippen LogP contribution in [0.2, 0.25) is 0 Å². The average molecular weight is 465 g/mol. The second-order valence-corrected chi connectivity index (χ2v) is 9.47. The molecule has 0 spiro atoms. The standard InChI is InChI=1S/C23H20N4O5S/c1-23(2)9-12-17(14(28)10-23)18(19-20(24-12)25-22(33)26-21(19)29)16-8-7-15(32-16)11-5-3-4-6-13(11)27(30)31/h3-8,18H,9-10H2,1-2H3,(H3,24,25,26,29,33). The highest BCUT2D eigenvalue weighted by Crippen LogP contribution is 2.48. The predicted octanol–water partition coefficient (Wildman–Crippen LogP) is 4.80. The highest BCUT2D eigenvalue weighted by atomic mass is 32.1. The zero-order valence-electron chi connectivity index (χ0n) is 17.9. The number of furan rings is 1. The molecule has 1 unspecified atom stereocenters. The third-order valence-electron chi connectivity index (χ3n) is 6.03. The zero-order valence-corrected chi connectivity index (χ0v) is 18.7. The highest BCUT2D eigenvalue weighted by Gasteiger charge is 2.43. The molecule has 3 N–H and O–H groups in total. The van der Waals surface area contributed by atoms with Gasteiger partial charge in [0.05, 0.1) is 22.0 Å². The Balaban J connectivity index is 1.71. The molecule has 0 bridgehead atoms. The van der Waals surface area contributed by atoms with E-state index in [1.54, 1.807) is 30.3 Å². The van der Waals surface area contributed by atoms with Gasteiger partial charge in [0.1, 0.15) is 17.3 Å². The number of anilines is 1. The van der Waals surface area contributed by atoms with Crippen molar-refractivity contribution in [3.63, 3.8) is 0 Å². The highest BCUT2D eigenvalue weighted by molar-refractivity contribution is 7.71. The summed E-state index contributed by atoms with van der Waals surface area (Å²) in [5.41, 5.74) is 1.02. The van der Waals surface area contributed by atoms with E-state index >= 15 is 0 Å². The minimum Gasteiger partial charge on any atom is -0.460 e. The molecule has 168 valence electrons. The number of benzene rings is 1. The Morgan fingerprint density at radius 1 is 1.12 bits per heavy atom. The van der Waals surface area contributed by atoms with Gasteiger partial charge in [0.2, 0.25) is 0 Å². The maximum absolute atomic E-state index is 13.3. The predicted molar refractivity (Wildman–Crippen MR) is 124 cm³/mol. The fourth-order valence-corrected chi connectivity index (χ4v) is 4.92. The number of nitrogens with one attached hydrogen (secondary N) is 3. The third-order valence-corrected chi connectivity index (χ3v) is 6.23. The number of para-hydroxylation sites is 1. The van der Waals surface area contributed by atoms with E-state index in [1.165, 1.54) is 6.07 Å². The van der Waals surface area contributed by atoms with E-state index < -0.39 is 16.4 Å². The van der Waals surface area contributed by atoms with Gasteiger partial charge in [-0.1, -0.05) is 26.0 Å². The van der Waals surface area contributed by atoms with Gasteiger partial charge in [-0.05, 0) is 42.3 Å². The molecular formula is C23H20N4O5S. The molecule has 1 aliphatic heterocycles. The number of carbonyl (C=O) groups excluding carboxylic acids is 1. The van der Waals surface area contributed by atoms with E-state index in [0.29, 0.717) is 46.8 Å². The Morgan fingerprint density at radius 3 is 2.64 bits per heavy atom. The lowest BCUT2D eigenvalue weighted by molar-refractivity contribution is -0.384. The van der Waals surface area contributed by atoms with Gasteiger partial charge in [0, 0.05) is 23.8 Å². The van der Waals surface area contributed by atoms with E-state index in [1.807, 2.05) is 13.8 Å². The Bertz CT molecular complexity index is 1480. The number of aromatic amines is 2. The molecule has 1 aliphatic carbocycles. The molecule has 0 amide bonds. The van der Waals surface area contributed by atoms with Crippen molar-refractivity contribution < 1.29 is 14.1 Å². The van der Waals surface area contributed by atoms with Gasteiger partial charge in [0.15, 0.2) is 10.6 Å². The molecule has 9 nitrogen and oxygen atoms in total. The van der Waals surface area contributed by atoms with Crippen molar-refractivity contribution in [1.29, 1.82) is 0 Å². The topological polar surface area (TPSA) is 134 Å². The van der Waals surface area contributed by atoms with Gasteiger partial charge in [0.25, 0.3) is 11.2 Å². The number of fused-ring (bicyclic) bond motifs is 1. The number of carbonyl (C=O) groups is 1. The number of Topliss-reactive ketones (excluding diaryl/α,β-unsaturated/α-hetero) is 1. The van der Waals surface area contributed by atoms with Gasteiger partial charge in [-0.3, -0.25) is 24.7 Å². The van der Waals surface area contributed by atoms with E-state index in [4.69, 9.17) is 16.6 Å². The molecule has 1 aromatic carbocycles. The maximum atomic E-state index is 13.3. The van der Waals surface area contributed by atoms with Crippen LogP contribution < -0.4 is 10.9 Å². The molecule has 0 fully saturated rings. The van der Waals surface area contributed by atoms with Crippen molar-refractivity contribution in [2.45, 2.75) is 32.6 Å². The first-order chi connectivity index (χ1) is 15.6. The van der Waals surface area contributed by atoms with Crippen LogP contribution in [0.1, 0.15) is 43.9 Å². The van der Waals surface area contributed by atoms with Gasteiger partial charge in [-0.15, -0.1) is 0 Å². The van der Waals surface area contributed by atoms with Crippen molar-refractivity contribution in [1.82, 2.24) is 9.97 Å². The Kier molecular flexibility index (Phi) is 4.71. The summed E-state index contributed by atoms with van der Waals surface area (Å²) in [5, 5.41) is 14.7. The second kappa shape index (κ2) is 7.38. The molecular weight excluding hydrogens is 444 g/mol. The molecule has 1 atom stereocenters. The molecule has 0 radical (unpaired) electrons. The zero-order chi connectivity index (χ0) is 23.5. The van der Waals surface area contributed by atoms with E-state index in [0.717, 1.165) is 0 Å². The minimum absolute atomic E-state index is 0.0742. The molecule has 10 heteroatoms. The maximum Gasteiger partial charge on any atom is 0.280 e. The molecule has 33 heavy (non-hydrogen) atoms. The van der Waals surface area contributed by atoms with Gasteiger partial charge in [-0.25, -0.2) is 0 Å². The summed E-state index contributed by atoms with van der Waals surface area (Å²) in [6, 6.07) is 9.54. The van der Waals surface area contributed by atoms with E-state index in [2.05, 4.69) is 15.3 Å². The monoisotopic (exact) mass is 464 g/mol. The van der Waals surface area contributed by atoms with Crippen LogP contribution in [0.15, 0.2) is 56.9 Å². The van der Waals surface area contributed by atoms with Crippen LogP contribution in [-0.4, -0.2) is 20.7 Å². The summed E-state index contributed by atoms with van der Waals surface area (Å²) in [4.78, 5) is 42.8. The average Bonchev–Trinajstić information content (AvgIpc) is 3.20. The molecule has 0 saturated heterocycles. The number of allylic oxidation sites excluding steroid dienone is 2. The molecule has 0 saturated carbocycles. The minimum atomic E-state index is -0.771. The summed E-state index contributed by atoms with van der Waals surface area (Å²) in [6.45, 7) is 4.03. The Labute approximate surface area is 192 Å². The lowest BCUT2D eigenvalue weighted by Crippen LogP contribution is -2.36. The van der Waals surface area contributed by atoms with Crippen LogP contribution in [0.5, 0.6) is 0 Å². The molecule has 5 rings (SSSR count). The number of ketones is 1. The first-order valence-corrected chi connectivity index (χ1v) is 10.8. The Hall–Kier alpha value is -3.79. The van der Waals surface area contributed by atoms with Crippen LogP contribution >= 0.6 is 12.2 Å². The second-order valence-electron chi connectivity index (χ2n) is 9.06.